The molecule has 3 rings (SSSR count). The molecule has 0 saturated heterocycles. The van der Waals surface area contributed by atoms with Crippen LogP contribution in [0.25, 0.3) is 5.57 Å². The average molecular weight is 429 g/mol. The van der Waals surface area contributed by atoms with Crippen LogP contribution in [0.3, 0.4) is 0 Å². The normalized spacial score (nSPS) is 12.7. The highest BCUT2D eigenvalue weighted by Crippen LogP contribution is 2.40. The molecule has 3 N–H and O–H groups in total. The Morgan fingerprint density at radius 3 is 2.29 bits per heavy atom. The molecule has 2 aromatic rings. The number of hydrogen-bond acceptors (Lipinski definition) is 4. The molecule has 0 radical (unpaired) electrons. The van der Waals surface area contributed by atoms with E-state index in [4.69, 9.17) is 0 Å². The number of aliphatic hydroxyl groups excluding tert-OH is 2. The van der Waals surface area contributed by atoms with Gasteiger partial charge in [-0.25, -0.2) is 8.78 Å². The molecule has 0 aliphatic carbocycles. The second-order valence-electron chi connectivity index (χ2n) is 7.95. The molecule has 2 aromatic carbocycles. The van der Waals surface area contributed by atoms with E-state index in [1.807, 2.05) is 0 Å². The minimum Gasteiger partial charge on any atom is -0.508 e. The van der Waals surface area contributed by atoms with Gasteiger partial charge in [-0.15, -0.1) is 0 Å². The van der Waals surface area contributed by atoms with E-state index in [1.54, 1.807) is 29.3 Å². The molecule has 0 atom stereocenters. The Morgan fingerprint density at radius 1 is 1.13 bits per heavy atom. The van der Waals surface area contributed by atoms with Crippen LogP contribution in [0.15, 0.2) is 67.1 Å². The SMILES string of the molecule is C=C(O)C1=CN(CCO)c2cc(F)c(NCc3ccc(F)cc3)cc2C1=C.CC(C)C. The van der Waals surface area contributed by atoms with Crippen LogP contribution in [0.2, 0.25) is 0 Å². The maximum absolute atomic E-state index is 14.6. The van der Waals surface area contributed by atoms with E-state index in [1.165, 1.54) is 18.2 Å². The molecule has 0 bridgehead atoms. The zero-order chi connectivity index (χ0) is 23.1. The van der Waals surface area contributed by atoms with E-state index in [2.05, 4.69) is 39.2 Å². The summed E-state index contributed by atoms with van der Waals surface area (Å²) in [6.45, 7) is 14.4. The summed E-state index contributed by atoms with van der Waals surface area (Å²) in [5.74, 6) is -0.118. The van der Waals surface area contributed by atoms with Gasteiger partial charge in [0.05, 0.1) is 18.0 Å². The first kappa shape index (κ1) is 24.2. The number of nitrogens with zero attached hydrogens (tertiary/aromatic N) is 1. The fourth-order valence-corrected chi connectivity index (χ4v) is 2.97. The Morgan fingerprint density at radius 2 is 1.74 bits per heavy atom. The summed E-state index contributed by atoms with van der Waals surface area (Å²) in [5.41, 5.74) is 3.16. The van der Waals surface area contributed by atoms with Gasteiger partial charge in [0.25, 0.3) is 0 Å². The van der Waals surface area contributed by atoms with Crippen LogP contribution in [-0.4, -0.2) is 23.4 Å². The maximum Gasteiger partial charge on any atom is 0.148 e. The van der Waals surface area contributed by atoms with Crippen LogP contribution in [0.1, 0.15) is 31.9 Å². The summed E-state index contributed by atoms with van der Waals surface area (Å²) in [4.78, 5) is 1.65. The van der Waals surface area contributed by atoms with Crippen molar-refractivity contribution in [1.82, 2.24) is 0 Å². The predicted octanol–water partition coefficient (Wildman–Crippen LogP) is 6.02. The van der Waals surface area contributed by atoms with E-state index in [0.717, 1.165) is 11.5 Å². The lowest BCUT2D eigenvalue weighted by Gasteiger charge is -2.30. The summed E-state index contributed by atoms with van der Waals surface area (Å²) >= 11 is 0. The van der Waals surface area contributed by atoms with Crippen molar-refractivity contribution in [3.8, 4) is 0 Å². The first-order valence-corrected chi connectivity index (χ1v) is 10.1. The molecule has 0 unspecified atom stereocenters. The van der Waals surface area contributed by atoms with Crippen LogP contribution >= 0.6 is 0 Å². The van der Waals surface area contributed by atoms with Gasteiger partial charge in [0.15, 0.2) is 0 Å². The number of nitrogens with one attached hydrogen (secondary N) is 1. The molecule has 0 spiro atoms. The van der Waals surface area contributed by atoms with E-state index >= 15 is 0 Å². The van der Waals surface area contributed by atoms with Crippen molar-refractivity contribution in [3.05, 3.63) is 89.8 Å². The molecule has 1 aliphatic rings. The third-order valence-electron chi connectivity index (χ3n) is 4.38. The van der Waals surface area contributed by atoms with Gasteiger partial charge in [0.2, 0.25) is 0 Å². The lowest BCUT2D eigenvalue weighted by molar-refractivity contribution is 0.305. The minimum absolute atomic E-state index is 0.139. The second kappa shape index (κ2) is 10.8. The molecular weight excluding hydrogens is 398 g/mol. The standard InChI is InChI=1S/C21H20F2N2O2.C4H10/c1-13-17-9-20(24-11-15-3-5-16(22)6-4-15)19(23)10-21(17)25(7-8-26)12-18(13)14(2)27;1-4(2)3/h3-6,9-10,12,24,26-27H,1-2,7-8,11H2;4H,1-3H3. The highest BCUT2D eigenvalue weighted by Gasteiger charge is 2.24. The zero-order valence-electron chi connectivity index (χ0n) is 18.3. The van der Waals surface area contributed by atoms with Crippen LogP contribution < -0.4 is 10.2 Å². The van der Waals surface area contributed by atoms with Crippen molar-refractivity contribution in [2.45, 2.75) is 27.3 Å². The summed E-state index contributed by atoms with van der Waals surface area (Å²) in [5, 5.41) is 22.1. The number of halogens is 2. The Hall–Kier alpha value is -3.12. The predicted molar refractivity (Wildman–Crippen MR) is 124 cm³/mol. The Bertz CT molecular complexity index is 963. The molecule has 0 fully saturated rings. The first-order valence-electron chi connectivity index (χ1n) is 10.1. The maximum atomic E-state index is 14.6. The largest absolute Gasteiger partial charge is 0.508 e. The fraction of sp³-hybridized carbons (Fsp3) is 0.280. The smallest absolute Gasteiger partial charge is 0.148 e. The number of β-amino-alcohol motifs (C(OH)–C–C–N with tert-alkyl or cyclic N) is 1. The van der Waals surface area contributed by atoms with Gasteiger partial charge in [0.1, 0.15) is 17.4 Å². The van der Waals surface area contributed by atoms with Crippen molar-refractivity contribution in [2.24, 2.45) is 5.92 Å². The van der Waals surface area contributed by atoms with Crippen LogP contribution in [-0.2, 0) is 6.54 Å². The number of allylic oxidation sites excluding steroid dienone is 1. The van der Waals surface area contributed by atoms with Gasteiger partial charge < -0.3 is 20.4 Å². The molecule has 4 nitrogen and oxygen atoms in total. The highest BCUT2D eigenvalue weighted by molar-refractivity contribution is 5.92. The van der Waals surface area contributed by atoms with Crippen molar-refractivity contribution < 1.29 is 19.0 Å². The van der Waals surface area contributed by atoms with Gasteiger partial charge in [-0.05, 0) is 35.3 Å². The van der Waals surface area contributed by atoms with Gasteiger partial charge >= 0.3 is 0 Å². The lowest BCUT2D eigenvalue weighted by atomic mass is 9.93. The number of fused-ring (bicyclic) bond motifs is 1. The van der Waals surface area contributed by atoms with Crippen LogP contribution in [0, 0.1) is 17.6 Å². The molecule has 0 aromatic heterocycles. The van der Waals surface area contributed by atoms with Crippen molar-refractivity contribution in [2.75, 3.05) is 23.4 Å². The van der Waals surface area contributed by atoms with E-state index in [-0.39, 0.29) is 30.4 Å². The molecule has 6 heteroatoms. The molecule has 1 aliphatic heterocycles. The van der Waals surface area contributed by atoms with Gasteiger partial charge in [-0.2, -0.15) is 0 Å². The van der Waals surface area contributed by atoms with Crippen molar-refractivity contribution in [3.63, 3.8) is 0 Å². The molecule has 1 heterocycles. The summed E-state index contributed by atoms with van der Waals surface area (Å²) in [6.07, 6.45) is 1.59. The number of rotatable bonds is 6. The number of benzene rings is 2. The summed E-state index contributed by atoms with van der Waals surface area (Å²) < 4.78 is 27.6. The van der Waals surface area contributed by atoms with Gasteiger partial charge in [0, 0.05) is 36.5 Å². The third-order valence-corrected chi connectivity index (χ3v) is 4.38. The van der Waals surface area contributed by atoms with Crippen LogP contribution in [0.4, 0.5) is 20.2 Å². The summed E-state index contributed by atoms with van der Waals surface area (Å²) in [7, 11) is 0. The minimum atomic E-state index is -0.466. The Kier molecular flexibility index (Phi) is 8.39. The summed E-state index contributed by atoms with van der Waals surface area (Å²) in [6, 6.07) is 8.90. The number of aliphatic hydroxyl groups is 2. The zero-order valence-corrected chi connectivity index (χ0v) is 18.3. The molecule has 166 valence electrons. The van der Waals surface area contributed by atoms with Gasteiger partial charge in [-0.1, -0.05) is 46.1 Å². The monoisotopic (exact) mass is 428 g/mol. The quantitative estimate of drug-likeness (QED) is 0.493. The number of anilines is 2. The second-order valence-corrected chi connectivity index (χ2v) is 7.95. The average Bonchev–Trinajstić information content (AvgIpc) is 2.69. The van der Waals surface area contributed by atoms with Gasteiger partial charge in [-0.3, -0.25) is 0 Å². The van der Waals surface area contributed by atoms with E-state index in [0.29, 0.717) is 28.9 Å². The first-order chi connectivity index (χ1) is 14.6. The highest BCUT2D eigenvalue weighted by atomic mass is 19.1. The van der Waals surface area contributed by atoms with E-state index in [9.17, 15) is 19.0 Å². The lowest BCUT2D eigenvalue weighted by Crippen LogP contribution is -2.25. The van der Waals surface area contributed by atoms with Crippen LogP contribution in [0.5, 0.6) is 0 Å². The third kappa shape index (κ3) is 6.43. The Balaban J connectivity index is 0.000000785. The van der Waals surface area contributed by atoms with Crippen molar-refractivity contribution >= 4 is 16.9 Å². The molecule has 0 amide bonds. The van der Waals surface area contributed by atoms with E-state index < -0.39 is 5.82 Å². The topological polar surface area (TPSA) is 55.7 Å². The Labute approximate surface area is 182 Å². The number of hydrogen-bond donors (Lipinski definition) is 3. The molecule has 31 heavy (non-hydrogen) atoms. The fourth-order valence-electron chi connectivity index (χ4n) is 2.97. The molecular formula is C25H30F2N2O2. The van der Waals surface area contributed by atoms with Crippen molar-refractivity contribution in [1.29, 1.82) is 0 Å². The molecule has 0 saturated carbocycles.